The molecule has 2 rings (SSSR count). The quantitative estimate of drug-likeness (QED) is 0.807. The normalized spacial score (nSPS) is 8.88. The molecule has 0 amide bonds. The molecule has 0 saturated carbocycles. The van der Waals surface area contributed by atoms with Gasteiger partial charge in [0, 0.05) is 0 Å². The third-order valence-corrected chi connectivity index (χ3v) is 2.25. The molecule has 0 fully saturated rings. The largest absolute Gasteiger partial charge is 0.333 e. The summed E-state index contributed by atoms with van der Waals surface area (Å²) in [5.74, 6) is 0. The van der Waals surface area contributed by atoms with Crippen molar-refractivity contribution in [3.63, 3.8) is 0 Å². The van der Waals surface area contributed by atoms with E-state index in [1.807, 2.05) is 12.1 Å². The van der Waals surface area contributed by atoms with Crippen LogP contribution in [0.4, 0.5) is 0 Å². The van der Waals surface area contributed by atoms with Crippen LogP contribution in [0.5, 0.6) is 0 Å². The smallest absolute Gasteiger partial charge is 0.0184 e. The summed E-state index contributed by atoms with van der Waals surface area (Å²) < 4.78 is 0. The molecule has 0 spiro atoms. The van der Waals surface area contributed by atoms with Crippen LogP contribution in [-0.4, -0.2) is 7.05 Å². The SMILES string of the molecule is C=Cc1ccc(-c2ccccc2)cc1.CN. The summed E-state index contributed by atoms with van der Waals surface area (Å²) in [4.78, 5) is 0. The van der Waals surface area contributed by atoms with Crippen LogP contribution in [-0.2, 0) is 0 Å². The first kappa shape index (κ1) is 12.2. The van der Waals surface area contributed by atoms with E-state index in [2.05, 4.69) is 60.8 Å². The predicted octanol–water partition coefficient (Wildman–Crippen LogP) is 3.57. The van der Waals surface area contributed by atoms with Gasteiger partial charge in [-0.2, -0.15) is 0 Å². The van der Waals surface area contributed by atoms with Crippen LogP contribution in [0.1, 0.15) is 5.56 Å². The number of hydrogen-bond donors (Lipinski definition) is 1. The Hall–Kier alpha value is -1.86. The maximum Gasteiger partial charge on any atom is -0.0184 e. The lowest BCUT2D eigenvalue weighted by atomic mass is 10.0. The second kappa shape index (κ2) is 6.59. The van der Waals surface area contributed by atoms with Crippen LogP contribution in [0.2, 0.25) is 0 Å². The van der Waals surface area contributed by atoms with Crippen molar-refractivity contribution < 1.29 is 0 Å². The van der Waals surface area contributed by atoms with Crippen molar-refractivity contribution in [2.24, 2.45) is 5.73 Å². The summed E-state index contributed by atoms with van der Waals surface area (Å²) >= 11 is 0. The van der Waals surface area contributed by atoms with Crippen LogP contribution in [0, 0.1) is 0 Å². The molecule has 0 saturated heterocycles. The van der Waals surface area contributed by atoms with Crippen molar-refractivity contribution in [2.45, 2.75) is 0 Å². The van der Waals surface area contributed by atoms with Gasteiger partial charge in [0.15, 0.2) is 0 Å². The fourth-order valence-corrected chi connectivity index (χ4v) is 1.44. The Morgan fingerprint density at radius 3 is 1.81 bits per heavy atom. The molecule has 82 valence electrons. The van der Waals surface area contributed by atoms with Gasteiger partial charge < -0.3 is 5.73 Å². The lowest BCUT2D eigenvalue weighted by Crippen LogP contribution is -1.76. The molecule has 0 aromatic heterocycles. The summed E-state index contributed by atoms with van der Waals surface area (Å²) in [6.07, 6.45) is 1.86. The third-order valence-electron chi connectivity index (χ3n) is 2.25. The molecule has 0 bridgehead atoms. The molecule has 1 heteroatoms. The van der Waals surface area contributed by atoms with E-state index in [9.17, 15) is 0 Å². The summed E-state index contributed by atoms with van der Waals surface area (Å²) in [5.41, 5.74) is 8.16. The topological polar surface area (TPSA) is 26.0 Å². The minimum Gasteiger partial charge on any atom is -0.333 e. The zero-order valence-corrected chi connectivity index (χ0v) is 9.56. The van der Waals surface area contributed by atoms with E-state index in [4.69, 9.17) is 0 Å². The van der Waals surface area contributed by atoms with Crippen molar-refractivity contribution in [2.75, 3.05) is 7.05 Å². The number of rotatable bonds is 2. The molecule has 16 heavy (non-hydrogen) atoms. The third kappa shape index (κ3) is 3.07. The van der Waals surface area contributed by atoms with Crippen molar-refractivity contribution >= 4 is 6.08 Å². The van der Waals surface area contributed by atoms with Gasteiger partial charge in [0.05, 0.1) is 0 Å². The van der Waals surface area contributed by atoms with Gasteiger partial charge in [-0.1, -0.05) is 67.3 Å². The van der Waals surface area contributed by atoms with E-state index in [0.717, 1.165) is 5.56 Å². The molecular weight excluding hydrogens is 194 g/mol. The van der Waals surface area contributed by atoms with E-state index in [-0.39, 0.29) is 0 Å². The molecule has 2 aromatic carbocycles. The molecular formula is C15H17N. The van der Waals surface area contributed by atoms with Crippen LogP contribution < -0.4 is 5.73 Å². The number of hydrogen-bond acceptors (Lipinski definition) is 1. The number of benzene rings is 2. The van der Waals surface area contributed by atoms with E-state index >= 15 is 0 Å². The highest BCUT2D eigenvalue weighted by molar-refractivity contribution is 5.65. The lowest BCUT2D eigenvalue weighted by molar-refractivity contribution is 1.48. The monoisotopic (exact) mass is 211 g/mol. The van der Waals surface area contributed by atoms with E-state index in [0.29, 0.717) is 0 Å². The Morgan fingerprint density at radius 1 is 0.812 bits per heavy atom. The van der Waals surface area contributed by atoms with Gasteiger partial charge in [-0.25, -0.2) is 0 Å². The highest BCUT2D eigenvalue weighted by Gasteiger charge is 1.94. The molecule has 0 aliphatic carbocycles. The van der Waals surface area contributed by atoms with Crippen molar-refractivity contribution in [1.29, 1.82) is 0 Å². The van der Waals surface area contributed by atoms with Gasteiger partial charge in [-0.05, 0) is 23.7 Å². The van der Waals surface area contributed by atoms with Crippen LogP contribution in [0.25, 0.3) is 17.2 Å². The van der Waals surface area contributed by atoms with E-state index in [1.54, 1.807) is 0 Å². The van der Waals surface area contributed by atoms with Crippen molar-refractivity contribution in [3.05, 3.63) is 66.7 Å². The van der Waals surface area contributed by atoms with E-state index < -0.39 is 0 Å². The Bertz CT molecular complexity index is 415. The van der Waals surface area contributed by atoms with Gasteiger partial charge in [0.1, 0.15) is 0 Å². The van der Waals surface area contributed by atoms with Gasteiger partial charge in [-0.15, -0.1) is 0 Å². The first-order valence-electron chi connectivity index (χ1n) is 5.26. The highest BCUT2D eigenvalue weighted by Crippen LogP contribution is 2.19. The Balaban J connectivity index is 0.000000606. The Labute approximate surface area is 97.2 Å². The summed E-state index contributed by atoms with van der Waals surface area (Å²) in [6.45, 7) is 3.73. The maximum absolute atomic E-state index is 4.50. The molecule has 0 unspecified atom stereocenters. The molecule has 0 heterocycles. The second-order valence-corrected chi connectivity index (χ2v) is 3.19. The van der Waals surface area contributed by atoms with Crippen LogP contribution in [0.15, 0.2) is 61.2 Å². The van der Waals surface area contributed by atoms with Crippen molar-refractivity contribution in [1.82, 2.24) is 0 Å². The molecule has 0 aliphatic heterocycles. The van der Waals surface area contributed by atoms with Crippen LogP contribution >= 0.6 is 0 Å². The first-order valence-corrected chi connectivity index (χ1v) is 5.26. The van der Waals surface area contributed by atoms with Gasteiger partial charge in [0.2, 0.25) is 0 Å². The lowest BCUT2D eigenvalue weighted by Gasteiger charge is -2.01. The van der Waals surface area contributed by atoms with Crippen molar-refractivity contribution in [3.8, 4) is 11.1 Å². The van der Waals surface area contributed by atoms with Gasteiger partial charge >= 0.3 is 0 Å². The summed E-state index contributed by atoms with van der Waals surface area (Å²) in [5, 5.41) is 0. The fourth-order valence-electron chi connectivity index (χ4n) is 1.44. The predicted molar refractivity (Wildman–Crippen MR) is 72.1 cm³/mol. The maximum atomic E-state index is 4.50. The zero-order valence-electron chi connectivity index (χ0n) is 9.56. The average Bonchev–Trinajstić information content (AvgIpc) is 2.42. The first-order chi connectivity index (χ1) is 7.90. The summed E-state index contributed by atoms with van der Waals surface area (Å²) in [7, 11) is 1.50. The molecule has 1 nitrogen and oxygen atoms in total. The molecule has 0 radical (unpaired) electrons. The minimum absolute atomic E-state index is 1.16. The number of nitrogens with two attached hydrogens (primary N) is 1. The van der Waals surface area contributed by atoms with E-state index in [1.165, 1.54) is 18.2 Å². The van der Waals surface area contributed by atoms with Gasteiger partial charge in [-0.3, -0.25) is 0 Å². The summed E-state index contributed by atoms with van der Waals surface area (Å²) in [6, 6.07) is 18.8. The molecule has 2 aromatic rings. The Morgan fingerprint density at radius 2 is 1.31 bits per heavy atom. The zero-order chi connectivity index (χ0) is 11.8. The van der Waals surface area contributed by atoms with Crippen LogP contribution in [0.3, 0.4) is 0 Å². The fraction of sp³-hybridized carbons (Fsp3) is 0.0667. The second-order valence-electron chi connectivity index (χ2n) is 3.19. The Kier molecular flexibility index (Phi) is 5.03. The minimum atomic E-state index is 1.16. The molecule has 0 aliphatic rings. The standard InChI is InChI=1S/C14H12.CH5N/c1-2-12-8-10-14(11-9-12)13-6-4-3-5-7-13;1-2/h2-11H,1H2;2H2,1H3. The van der Waals surface area contributed by atoms with Gasteiger partial charge in [0.25, 0.3) is 0 Å². The highest BCUT2D eigenvalue weighted by atomic mass is 14.4. The average molecular weight is 211 g/mol. The molecule has 2 N–H and O–H groups in total. The molecule has 0 atom stereocenters.